The Kier molecular flexibility index (Phi) is 8.13. The number of ether oxygens (including phenoxy) is 5. The van der Waals surface area contributed by atoms with E-state index in [1.807, 2.05) is 24.3 Å². The molecule has 0 amide bonds. The molecule has 0 atom stereocenters. The molecular formula is C36H24F2O5. The fraction of sp³-hybridized carbons (Fsp3) is 0. The van der Waals surface area contributed by atoms with Gasteiger partial charge in [0.2, 0.25) is 0 Å². The molecule has 0 bridgehead atoms. The van der Waals surface area contributed by atoms with E-state index >= 15 is 0 Å². The van der Waals surface area contributed by atoms with Gasteiger partial charge >= 0.3 is 0 Å². The van der Waals surface area contributed by atoms with Crippen LogP contribution in [0.25, 0.3) is 0 Å². The van der Waals surface area contributed by atoms with Crippen LogP contribution in [0.15, 0.2) is 146 Å². The molecule has 0 heterocycles. The summed E-state index contributed by atoms with van der Waals surface area (Å²) in [5.41, 5.74) is 0. The number of benzene rings is 6. The Bertz CT molecular complexity index is 1720. The summed E-state index contributed by atoms with van der Waals surface area (Å²) in [5, 5.41) is 0. The van der Waals surface area contributed by atoms with Crippen LogP contribution in [0, 0.1) is 11.6 Å². The van der Waals surface area contributed by atoms with Crippen molar-refractivity contribution in [1.82, 2.24) is 0 Å². The summed E-state index contributed by atoms with van der Waals surface area (Å²) in [6, 6.07) is 40.4. The molecule has 43 heavy (non-hydrogen) atoms. The number of halogens is 2. The van der Waals surface area contributed by atoms with Gasteiger partial charge in [-0.1, -0.05) is 48.5 Å². The van der Waals surface area contributed by atoms with E-state index < -0.39 is 0 Å². The standard InChI is InChI=1S/C36H24F2O5/c37-25-9-5-11-27(21-25)39-29-13-7-15-31(23-29)41-33-17-1-3-19-35(33)43-36-20-4-2-18-34(36)42-32-16-8-14-30(24-32)40-28-12-6-10-26(38)22-28/h1-24H. The largest absolute Gasteiger partial charge is 0.457 e. The van der Waals surface area contributed by atoms with Crippen molar-refractivity contribution < 1.29 is 32.5 Å². The molecule has 0 spiro atoms. The lowest BCUT2D eigenvalue weighted by Gasteiger charge is -2.16. The predicted molar refractivity (Wildman–Crippen MR) is 159 cm³/mol. The zero-order valence-corrected chi connectivity index (χ0v) is 22.7. The molecular weight excluding hydrogens is 550 g/mol. The first-order valence-electron chi connectivity index (χ1n) is 13.4. The third-order valence-corrected chi connectivity index (χ3v) is 6.05. The fourth-order valence-corrected chi connectivity index (χ4v) is 4.15. The third-order valence-electron chi connectivity index (χ3n) is 6.05. The highest BCUT2D eigenvalue weighted by molar-refractivity contribution is 5.51. The maximum Gasteiger partial charge on any atom is 0.170 e. The van der Waals surface area contributed by atoms with E-state index in [9.17, 15) is 8.78 Å². The molecule has 0 N–H and O–H groups in total. The quantitative estimate of drug-likeness (QED) is 0.163. The minimum absolute atomic E-state index is 0.378. The first kappa shape index (κ1) is 27.4. The Morgan fingerprint density at radius 1 is 0.279 bits per heavy atom. The van der Waals surface area contributed by atoms with Crippen molar-refractivity contribution >= 4 is 0 Å². The molecule has 0 radical (unpaired) electrons. The Morgan fingerprint density at radius 3 is 0.953 bits per heavy atom. The van der Waals surface area contributed by atoms with Crippen LogP contribution in [-0.2, 0) is 0 Å². The topological polar surface area (TPSA) is 46.2 Å². The first-order valence-corrected chi connectivity index (χ1v) is 13.4. The second-order valence-corrected chi connectivity index (χ2v) is 9.27. The van der Waals surface area contributed by atoms with Crippen LogP contribution >= 0.6 is 0 Å². The average molecular weight is 575 g/mol. The predicted octanol–water partition coefficient (Wildman–Crippen LogP) is 10.9. The van der Waals surface area contributed by atoms with Crippen molar-refractivity contribution in [3.63, 3.8) is 0 Å². The number of hydrogen-bond acceptors (Lipinski definition) is 5. The zero-order valence-electron chi connectivity index (χ0n) is 22.7. The van der Waals surface area contributed by atoms with E-state index in [-0.39, 0.29) is 11.6 Å². The summed E-state index contributed by atoms with van der Waals surface area (Å²) in [5.74, 6) is 3.82. The van der Waals surface area contributed by atoms with Gasteiger partial charge in [-0.15, -0.1) is 0 Å². The second-order valence-electron chi connectivity index (χ2n) is 9.27. The monoisotopic (exact) mass is 574 g/mol. The van der Waals surface area contributed by atoms with Crippen molar-refractivity contribution in [2.75, 3.05) is 0 Å². The molecule has 7 heteroatoms. The van der Waals surface area contributed by atoms with Gasteiger partial charge in [-0.05, 0) is 72.8 Å². The normalized spacial score (nSPS) is 10.6. The van der Waals surface area contributed by atoms with Crippen molar-refractivity contribution in [1.29, 1.82) is 0 Å². The molecule has 0 aromatic heterocycles. The summed E-state index contributed by atoms with van der Waals surface area (Å²) in [4.78, 5) is 0. The molecule has 0 saturated heterocycles. The Hall–Kier alpha value is -5.82. The van der Waals surface area contributed by atoms with E-state index in [4.69, 9.17) is 23.7 Å². The molecule has 212 valence electrons. The van der Waals surface area contributed by atoms with Crippen molar-refractivity contribution in [2.45, 2.75) is 0 Å². The summed E-state index contributed by atoms with van der Waals surface area (Å²) in [6.45, 7) is 0. The van der Waals surface area contributed by atoms with E-state index in [1.54, 1.807) is 97.1 Å². The molecule has 0 unspecified atom stereocenters. The second kappa shape index (κ2) is 12.8. The Morgan fingerprint density at radius 2 is 0.581 bits per heavy atom. The first-order chi connectivity index (χ1) is 21.1. The van der Waals surface area contributed by atoms with Gasteiger partial charge in [0.15, 0.2) is 23.0 Å². The summed E-state index contributed by atoms with van der Waals surface area (Å²) in [7, 11) is 0. The van der Waals surface area contributed by atoms with Crippen molar-refractivity contribution in [2.24, 2.45) is 0 Å². The van der Waals surface area contributed by atoms with Gasteiger partial charge in [0.05, 0.1) is 0 Å². The Balaban J connectivity index is 1.18. The highest BCUT2D eigenvalue weighted by Crippen LogP contribution is 2.40. The van der Waals surface area contributed by atoms with Crippen LogP contribution in [0.4, 0.5) is 8.78 Å². The molecule has 5 nitrogen and oxygen atoms in total. The SMILES string of the molecule is Fc1cccc(Oc2cccc(Oc3ccccc3Oc3ccccc3Oc3cccc(Oc4cccc(F)c4)c3)c2)c1. The smallest absolute Gasteiger partial charge is 0.170 e. The maximum atomic E-state index is 13.6. The minimum Gasteiger partial charge on any atom is -0.457 e. The van der Waals surface area contributed by atoms with Gasteiger partial charge in [0.25, 0.3) is 0 Å². The maximum absolute atomic E-state index is 13.6. The molecule has 6 aromatic rings. The van der Waals surface area contributed by atoms with Gasteiger partial charge in [0.1, 0.15) is 46.1 Å². The summed E-state index contributed by atoms with van der Waals surface area (Å²) in [6.07, 6.45) is 0. The van der Waals surface area contributed by atoms with Gasteiger partial charge < -0.3 is 23.7 Å². The van der Waals surface area contributed by atoms with Gasteiger partial charge in [0, 0.05) is 24.3 Å². The number of hydrogen-bond donors (Lipinski definition) is 0. The van der Waals surface area contributed by atoms with Gasteiger partial charge in [-0.2, -0.15) is 0 Å². The lowest BCUT2D eigenvalue weighted by molar-refractivity contribution is 0.392. The summed E-state index contributed by atoms with van der Waals surface area (Å²) < 4.78 is 57.3. The van der Waals surface area contributed by atoms with E-state index in [0.29, 0.717) is 57.5 Å². The highest BCUT2D eigenvalue weighted by atomic mass is 19.1. The summed E-state index contributed by atoms with van der Waals surface area (Å²) >= 11 is 0. The number of rotatable bonds is 10. The minimum atomic E-state index is -0.384. The van der Waals surface area contributed by atoms with Crippen LogP contribution in [-0.4, -0.2) is 0 Å². The Labute approximate surface area is 247 Å². The zero-order chi connectivity index (χ0) is 29.4. The molecule has 6 rings (SSSR count). The lowest BCUT2D eigenvalue weighted by atomic mass is 10.2. The molecule has 0 saturated carbocycles. The molecule has 0 aliphatic carbocycles. The molecule has 0 aliphatic heterocycles. The molecule has 6 aromatic carbocycles. The van der Waals surface area contributed by atoms with Crippen molar-refractivity contribution in [3.8, 4) is 57.5 Å². The van der Waals surface area contributed by atoms with Crippen molar-refractivity contribution in [3.05, 3.63) is 157 Å². The fourth-order valence-electron chi connectivity index (χ4n) is 4.15. The van der Waals surface area contributed by atoms with Crippen LogP contribution in [0.5, 0.6) is 57.5 Å². The van der Waals surface area contributed by atoms with Crippen LogP contribution < -0.4 is 23.7 Å². The highest BCUT2D eigenvalue weighted by Gasteiger charge is 2.13. The van der Waals surface area contributed by atoms with E-state index in [1.165, 1.54) is 24.3 Å². The average Bonchev–Trinajstić information content (AvgIpc) is 3.00. The molecule has 0 fully saturated rings. The van der Waals surface area contributed by atoms with Crippen LogP contribution in [0.1, 0.15) is 0 Å². The van der Waals surface area contributed by atoms with Gasteiger partial charge in [-0.3, -0.25) is 0 Å². The van der Waals surface area contributed by atoms with E-state index in [0.717, 1.165) is 0 Å². The molecule has 0 aliphatic rings. The number of para-hydroxylation sites is 4. The van der Waals surface area contributed by atoms with Crippen LogP contribution in [0.3, 0.4) is 0 Å². The lowest BCUT2D eigenvalue weighted by Crippen LogP contribution is -1.93. The third kappa shape index (κ3) is 7.28. The van der Waals surface area contributed by atoms with E-state index in [2.05, 4.69) is 0 Å². The van der Waals surface area contributed by atoms with Gasteiger partial charge in [-0.25, -0.2) is 8.78 Å². The van der Waals surface area contributed by atoms with Crippen LogP contribution in [0.2, 0.25) is 0 Å².